The lowest BCUT2D eigenvalue weighted by Gasteiger charge is -2.15. The number of esters is 2. The SMILES string of the molecule is CCCCCC=CCC=CCC=CCC=CCC=CCCC(=O)OC[C@H](CO)OC(=O)CCCCCCC=CCC=CCC=CCCCCC. The number of aliphatic hydroxyl groups is 1. The molecule has 5 heteroatoms. The van der Waals surface area contributed by atoms with Crippen LogP contribution in [0.5, 0.6) is 0 Å². The number of hydrogen-bond donors (Lipinski definition) is 1. The van der Waals surface area contributed by atoms with Crippen molar-refractivity contribution in [3.8, 4) is 0 Å². The van der Waals surface area contributed by atoms with E-state index in [9.17, 15) is 14.7 Å². The van der Waals surface area contributed by atoms with E-state index >= 15 is 0 Å². The molecule has 0 spiro atoms. The molecule has 0 radical (unpaired) electrons. The minimum absolute atomic E-state index is 0.121. The monoisotopic (exact) mass is 693 g/mol. The van der Waals surface area contributed by atoms with Crippen molar-refractivity contribution in [1.29, 1.82) is 0 Å². The molecule has 0 saturated heterocycles. The van der Waals surface area contributed by atoms with Gasteiger partial charge in [0.2, 0.25) is 0 Å². The average Bonchev–Trinajstić information content (AvgIpc) is 3.12. The van der Waals surface area contributed by atoms with E-state index in [2.05, 4.69) is 98.9 Å². The summed E-state index contributed by atoms with van der Waals surface area (Å²) in [7, 11) is 0. The van der Waals surface area contributed by atoms with Gasteiger partial charge in [-0.25, -0.2) is 0 Å². The van der Waals surface area contributed by atoms with E-state index in [1.165, 1.54) is 51.4 Å². The molecule has 0 aromatic rings. The van der Waals surface area contributed by atoms with Gasteiger partial charge < -0.3 is 14.6 Å². The first-order chi connectivity index (χ1) is 24.6. The van der Waals surface area contributed by atoms with Crippen LogP contribution in [-0.4, -0.2) is 36.4 Å². The number of carbonyl (C=O) groups is 2. The molecule has 1 atom stereocenters. The van der Waals surface area contributed by atoms with E-state index in [0.29, 0.717) is 12.8 Å². The maximum atomic E-state index is 12.2. The van der Waals surface area contributed by atoms with E-state index in [4.69, 9.17) is 9.47 Å². The molecule has 0 aliphatic rings. The number of allylic oxidation sites excluding steroid dienone is 16. The second-order valence-electron chi connectivity index (χ2n) is 12.6. The standard InChI is InChI=1S/C45H72O5/c1-3-5-7-9-11-13-15-17-19-21-22-24-25-27-29-31-33-35-37-39-44(47)49-42-43(41-46)50-45(48)40-38-36-34-32-30-28-26-23-20-18-16-14-12-10-8-6-4-2/h11-14,17-20,22,24,26-29,33,35,43,46H,3-10,15-16,21,23,25,30-32,34,36-42H2,1-2H3/t43-/m0/s1. The van der Waals surface area contributed by atoms with Gasteiger partial charge in [0.1, 0.15) is 6.61 Å². The molecule has 282 valence electrons. The summed E-state index contributed by atoms with van der Waals surface area (Å²) in [5.74, 6) is -0.723. The molecule has 0 rings (SSSR count). The van der Waals surface area contributed by atoms with Crippen LogP contribution in [0.3, 0.4) is 0 Å². The Kier molecular flexibility index (Phi) is 37.7. The topological polar surface area (TPSA) is 72.8 Å². The third kappa shape index (κ3) is 37.6. The minimum atomic E-state index is -0.819. The summed E-state index contributed by atoms with van der Waals surface area (Å²) < 4.78 is 10.5. The van der Waals surface area contributed by atoms with Crippen molar-refractivity contribution in [1.82, 2.24) is 0 Å². The van der Waals surface area contributed by atoms with Crippen LogP contribution in [-0.2, 0) is 19.1 Å². The van der Waals surface area contributed by atoms with Gasteiger partial charge in [0.25, 0.3) is 0 Å². The molecule has 5 nitrogen and oxygen atoms in total. The molecule has 0 aliphatic heterocycles. The van der Waals surface area contributed by atoms with Gasteiger partial charge >= 0.3 is 11.9 Å². The molecule has 0 saturated carbocycles. The van der Waals surface area contributed by atoms with Crippen molar-refractivity contribution in [3.63, 3.8) is 0 Å². The van der Waals surface area contributed by atoms with Crippen LogP contribution in [0.1, 0.15) is 155 Å². The van der Waals surface area contributed by atoms with E-state index in [1.807, 2.05) is 12.2 Å². The Morgan fingerprint density at radius 2 is 0.840 bits per heavy atom. The summed E-state index contributed by atoms with van der Waals surface area (Å²) in [4.78, 5) is 24.2. The number of rotatable bonds is 34. The van der Waals surface area contributed by atoms with Crippen LogP contribution in [0.15, 0.2) is 97.2 Å². The summed E-state index contributed by atoms with van der Waals surface area (Å²) in [6.45, 7) is 3.97. The maximum Gasteiger partial charge on any atom is 0.306 e. The van der Waals surface area contributed by atoms with Gasteiger partial charge in [-0.2, -0.15) is 0 Å². The zero-order valence-corrected chi connectivity index (χ0v) is 31.9. The van der Waals surface area contributed by atoms with Gasteiger partial charge in [-0.05, 0) is 89.9 Å². The molecule has 0 amide bonds. The summed E-state index contributed by atoms with van der Waals surface area (Å²) in [5.41, 5.74) is 0. The molecule has 0 aromatic carbocycles. The first kappa shape index (κ1) is 46.8. The third-order valence-corrected chi connectivity index (χ3v) is 7.86. The first-order valence-electron chi connectivity index (χ1n) is 19.8. The highest BCUT2D eigenvalue weighted by Crippen LogP contribution is 2.09. The Hall–Kier alpha value is -3.18. The Balaban J connectivity index is 3.77. The molecule has 0 fully saturated rings. The fourth-order valence-corrected chi connectivity index (χ4v) is 4.84. The van der Waals surface area contributed by atoms with Crippen LogP contribution in [0.4, 0.5) is 0 Å². The minimum Gasteiger partial charge on any atom is -0.462 e. The summed E-state index contributed by atoms with van der Waals surface area (Å²) in [5, 5.41) is 9.54. The van der Waals surface area contributed by atoms with Crippen LogP contribution >= 0.6 is 0 Å². The number of carbonyl (C=O) groups excluding carboxylic acids is 2. The normalized spacial score (nSPS) is 13.3. The molecule has 0 aliphatic carbocycles. The van der Waals surface area contributed by atoms with Gasteiger partial charge in [0.15, 0.2) is 6.10 Å². The van der Waals surface area contributed by atoms with Crippen molar-refractivity contribution < 1.29 is 24.2 Å². The van der Waals surface area contributed by atoms with Crippen molar-refractivity contribution in [2.24, 2.45) is 0 Å². The maximum absolute atomic E-state index is 12.2. The van der Waals surface area contributed by atoms with Crippen LogP contribution in [0.25, 0.3) is 0 Å². The predicted octanol–water partition coefficient (Wildman–Crippen LogP) is 12.5. The first-order valence-corrected chi connectivity index (χ1v) is 19.8. The fraction of sp³-hybridized carbons (Fsp3) is 0.600. The molecule has 0 unspecified atom stereocenters. The third-order valence-electron chi connectivity index (χ3n) is 7.86. The van der Waals surface area contributed by atoms with E-state index < -0.39 is 6.10 Å². The van der Waals surface area contributed by atoms with Crippen molar-refractivity contribution in [2.45, 2.75) is 161 Å². The van der Waals surface area contributed by atoms with E-state index in [1.54, 1.807) is 0 Å². The average molecular weight is 693 g/mol. The Labute approximate surface area is 307 Å². The highest BCUT2D eigenvalue weighted by atomic mass is 16.6. The van der Waals surface area contributed by atoms with Gasteiger partial charge in [0, 0.05) is 12.8 Å². The summed E-state index contributed by atoms with van der Waals surface area (Å²) >= 11 is 0. The number of hydrogen-bond acceptors (Lipinski definition) is 5. The van der Waals surface area contributed by atoms with Crippen molar-refractivity contribution >= 4 is 11.9 Å². The zero-order chi connectivity index (χ0) is 36.4. The van der Waals surface area contributed by atoms with Crippen molar-refractivity contribution in [2.75, 3.05) is 13.2 Å². The quantitative estimate of drug-likeness (QED) is 0.0413. The molecule has 1 N–H and O–H groups in total. The Bertz CT molecular complexity index is 1010. The lowest BCUT2D eigenvalue weighted by atomic mass is 10.1. The van der Waals surface area contributed by atoms with Gasteiger partial charge in [-0.15, -0.1) is 0 Å². The fourth-order valence-electron chi connectivity index (χ4n) is 4.84. The second-order valence-corrected chi connectivity index (χ2v) is 12.6. The highest BCUT2D eigenvalue weighted by molar-refractivity contribution is 5.70. The molecule has 0 heterocycles. The van der Waals surface area contributed by atoms with Crippen LogP contribution < -0.4 is 0 Å². The highest BCUT2D eigenvalue weighted by Gasteiger charge is 2.15. The van der Waals surface area contributed by atoms with Crippen molar-refractivity contribution in [3.05, 3.63) is 97.2 Å². The van der Waals surface area contributed by atoms with Gasteiger partial charge in [-0.3, -0.25) is 9.59 Å². The Morgan fingerprint density at radius 1 is 0.460 bits per heavy atom. The van der Waals surface area contributed by atoms with Gasteiger partial charge in [-0.1, -0.05) is 150 Å². The van der Waals surface area contributed by atoms with E-state index in [-0.39, 0.29) is 31.6 Å². The zero-order valence-electron chi connectivity index (χ0n) is 31.9. The largest absolute Gasteiger partial charge is 0.462 e. The summed E-state index contributed by atoms with van der Waals surface area (Å²) in [6, 6.07) is 0. The Morgan fingerprint density at radius 3 is 1.26 bits per heavy atom. The number of aliphatic hydroxyl groups excluding tert-OH is 1. The second kappa shape index (κ2) is 40.3. The summed E-state index contributed by atoms with van der Waals surface area (Å²) in [6.07, 6.45) is 56.1. The molecule has 0 bridgehead atoms. The molecular weight excluding hydrogens is 620 g/mol. The number of ether oxygens (including phenoxy) is 2. The smallest absolute Gasteiger partial charge is 0.306 e. The lowest BCUT2D eigenvalue weighted by Crippen LogP contribution is -2.28. The van der Waals surface area contributed by atoms with Crippen LogP contribution in [0.2, 0.25) is 0 Å². The van der Waals surface area contributed by atoms with Crippen LogP contribution in [0, 0.1) is 0 Å². The molecule has 50 heavy (non-hydrogen) atoms. The van der Waals surface area contributed by atoms with E-state index in [0.717, 1.165) is 70.6 Å². The van der Waals surface area contributed by atoms with Gasteiger partial charge in [0.05, 0.1) is 6.61 Å². The lowest BCUT2D eigenvalue weighted by molar-refractivity contribution is -0.161. The number of unbranched alkanes of at least 4 members (excludes halogenated alkanes) is 10. The molecular formula is C45H72O5. The molecule has 0 aromatic heterocycles. The predicted molar refractivity (Wildman–Crippen MR) is 214 cm³/mol.